The first-order chi connectivity index (χ1) is 8.06. The fraction of sp³-hybridized carbons (Fsp3) is 0.154. The maximum atomic E-state index is 4.36. The van der Waals surface area contributed by atoms with Crippen LogP contribution in [0.3, 0.4) is 0 Å². The van der Waals surface area contributed by atoms with Crippen molar-refractivity contribution >= 4 is 43.4 Å². The smallest absolute Gasteiger partial charge is 0.133 e. The SMILES string of the molecule is Cc1ccc(Nc2ncc(Br)cc2C)c(Br)c1. The molecule has 0 aliphatic heterocycles. The lowest BCUT2D eigenvalue weighted by Gasteiger charge is -2.10. The molecular weight excluding hydrogens is 344 g/mol. The molecule has 1 N–H and O–H groups in total. The van der Waals surface area contributed by atoms with E-state index in [2.05, 4.69) is 61.2 Å². The minimum absolute atomic E-state index is 0.873. The van der Waals surface area contributed by atoms with Gasteiger partial charge < -0.3 is 5.32 Å². The van der Waals surface area contributed by atoms with Crippen LogP contribution in [0.5, 0.6) is 0 Å². The molecule has 0 aliphatic carbocycles. The first-order valence-corrected chi connectivity index (χ1v) is 6.80. The molecule has 1 heterocycles. The summed E-state index contributed by atoms with van der Waals surface area (Å²) in [5.74, 6) is 0.873. The topological polar surface area (TPSA) is 24.9 Å². The highest BCUT2D eigenvalue weighted by atomic mass is 79.9. The number of hydrogen-bond donors (Lipinski definition) is 1. The van der Waals surface area contributed by atoms with Crippen LogP contribution in [0.15, 0.2) is 39.4 Å². The van der Waals surface area contributed by atoms with E-state index in [4.69, 9.17) is 0 Å². The molecule has 0 unspecified atom stereocenters. The van der Waals surface area contributed by atoms with Crippen LogP contribution in [0, 0.1) is 13.8 Å². The van der Waals surface area contributed by atoms with Crippen LogP contribution in [-0.2, 0) is 0 Å². The van der Waals surface area contributed by atoms with Crippen LogP contribution in [0.4, 0.5) is 11.5 Å². The predicted octanol–water partition coefficient (Wildman–Crippen LogP) is 4.97. The summed E-state index contributed by atoms with van der Waals surface area (Å²) in [5, 5.41) is 3.32. The number of pyridine rings is 1. The Balaban J connectivity index is 2.31. The average Bonchev–Trinajstić information content (AvgIpc) is 2.25. The van der Waals surface area contributed by atoms with E-state index in [1.807, 2.05) is 19.1 Å². The molecule has 2 nitrogen and oxygen atoms in total. The molecule has 0 bridgehead atoms. The summed E-state index contributed by atoms with van der Waals surface area (Å²) in [6, 6.07) is 8.23. The molecule has 4 heteroatoms. The van der Waals surface area contributed by atoms with Crippen LogP contribution in [-0.4, -0.2) is 4.98 Å². The van der Waals surface area contributed by atoms with E-state index in [-0.39, 0.29) is 0 Å². The lowest BCUT2D eigenvalue weighted by molar-refractivity contribution is 1.24. The van der Waals surface area contributed by atoms with Gasteiger partial charge >= 0.3 is 0 Å². The van der Waals surface area contributed by atoms with Gasteiger partial charge in [0.2, 0.25) is 0 Å². The molecule has 0 radical (unpaired) electrons. The number of anilines is 2. The predicted molar refractivity (Wildman–Crippen MR) is 78.8 cm³/mol. The van der Waals surface area contributed by atoms with E-state index in [9.17, 15) is 0 Å². The molecule has 88 valence electrons. The first kappa shape index (κ1) is 12.6. The third-order valence-electron chi connectivity index (χ3n) is 2.42. The van der Waals surface area contributed by atoms with Crippen LogP contribution < -0.4 is 5.32 Å². The van der Waals surface area contributed by atoms with Crippen molar-refractivity contribution in [2.24, 2.45) is 0 Å². The maximum absolute atomic E-state index is 4.36. The van der Waals surface area contributed by atoms with Gasteiger partial charge in [0.25, 0.3) is 0 Å². The average molecular weight is 356 g/mol. The molecular formula is C13H12Br2N2. The van der Waals surface area contributed by atoms with E-state index in [0.29, 0.717) is 0 Å². The Kier molecular flexibility index (Phi) is 3.84. The van der Waals surface area contributed by atoms with Crippen LogP contribution in [0.1, 0.15) is 11.1 Å². The van der Waals surface area contributed by atoms with E-state index in [0.717, 1.165) is 26.0 Å². The summed E-state index contributed by atoms with van der Waals surface area (Å²) in [6.07, 6.45) is 1.79. The van der Waals surface area contributed by atoms with Gasteiger partial charge in [-0.25, -0.2) is 4.98 Å². The molecule has 0 spiro atoms. The third-order valence-corrected chi connectivity index (χ3v) is 3.51. The lowest BCUT2D eigenvalue weighted by atomic mass is 10.2. The fourth-order valence-electron chi connectivity index (χ4n) is 1.52. The molecule has 17 heavy (non-hydrogen) atoms. The second kappa shape index (κ2) is 5.19. The van der Waals surface area contributed by atoms with Gasteiger partial charge in [0.1, 0.15) is 5.82 Å². The highest BCUT2D eigenvalue weighted by molar-refractivity contribution is 9.10. The van der Waals surface area contributed by atoms with Crippen molar-refractivity contribution in [3.05, 3.63) is 50.5 Å². The highest BCUT2D eigenvalue weighted by Gasteiger charge is 2.04. The summed E-state index contributed by atoms with van der Waals surface area (Å²) in [5.41, 5.74) is 3.35. The summed E-state index contributed by atoms with van der Waals surface area (Å²) in [6.45, 7) is 4.10. The zero-order valence-electron chi connectivity index (χ0n) is 9.59. The number of hydrogen-bond acceptors (Lipinski definition) is 2. The van der Waals surface area contributed by atoms with Crippen molar-refractivity contribution in [2.45, 2.75) is 13.8 Å². The molecule has 0 saturated heterocycles. The molecule has 0 aliphatic rings. The number of rotatable bonds is 2. The van der Waals surface area contributed by atoms with Crippen molar-refractivity contribution in [1.29, 1.82) is 0 Å². The van der Waals surface area contributed by atoms with Crippen LogP contribution in [0.2, 0.25) is 0 Å². The maximum Gasteiger partial charge on any atom is 0.133 e. The standard InChI is InChI=1S/C13H12Br2N2/c1-8-3-4-12(11(15)5-8)17-13-9(2)6-10(14)7-16-13/h3-7H,1-2H3,(H,16,17). The van der Waals surface area contributed by atoms with Gasteiger partial charge in [0, 0.05) is 15.1 Å². The molecule has 2 rings (SSSR count). The molecule has 1 aromatic carbocycles. The molecule has 1 aromatic heterocycles. The zero-order chi connectivity index (χ0) is 12.4. The van der Waals surface area contributed by atoms with Gasteiger partial charge in [-0.05, 0) is 75.0 Å². The number of aromatic nitrogens is 1. The van der Waals surface area contributed by atoms with Gasteiger partial charge in [-0.15, -0.1) is 0 Å². The number of halogens is 2. The normalized spacial score (nSPS) is 10.4. The van der Waals surface area contributed by atoms with Crippen molar-refractivity contribution in [3.8, 4) is 0 Å². The van der Waals surface area contributed by atoms with Gasteiger partial charge in [0.05, 0.1) is 5.69 Å². The van der Waals surface area contributed by atoms with Crippen molar-refractivity contribution in [2.75, 3.05) is 5.32 Å². The molecule has 0 saturated carbocycles. The minimum atomic E-state index is 0.873. The fourth-order valence-corrected chi connectivity index (χ4v) is 2.56. The number of nitrogens with zero attached hydrogens (tertiary/aromatic N) is 1. The van der Waals surface area contributed by atoms with Crippen LogP contribution >= 0.6 is 31.9 Å². The van der Waals surface area contributed by atoms with Crippen LogP contribution in [0.25, 0.3) is 0 Å². The molecule has 2 aromatic rings. The van der Waals surface area contributed by atoms with E-state index < -0.39 is 0 Å². The summed E-state index contributed by atoms with van der Waals surface area (Å²) < 4.78 is 2.03. The first-order valence-electron chi connectivity index (χ1n) is 5.21. The van der Waals surface area contributed by atoms with Crippen molar-refractivity contribution < 1.29 is 0 Å². The Hall–Kier alpha value is -0.870. The Morgan fingerprint density at radius 1 is 1.12 bits per heavy atom. The number of nitrogens with one attached hydrogen (secondary N) is 1. The summed E-state index contributed by atoms with van der Waals surface area (Å²) in [4.78, 5) is 4.36. The third kappa shape index (κ3) is 3.07. The van der Waals surface area contributed by atoms with Gasteiger partial charge in [-0.1, -0.05) is 6.07 Å². The van der Waals surface area contributed by atoms with Gasteiger partial charge in [0.15, 0.2) is 0 Å². The second-order valence-corrected chi connectivity index (χ2v) is 5.70. The summed E-state index contributed by atoms with van der Waals surface area (Å²) >= 11 is 6.95. The van der Waals surface area contributed by atoms with E-state index in [1.54, 1.807) is 6.20 Å². The van der Waals surface area contributed by atoms with Gasteiger partial charge in [-0.3, -0.25) is 0 Å². The second-order valence-electron chi connectivity index (χ2n) is 3.93. The number of aryl methyl sites for hydroxylation is 2. The summed E-state index contributed by atoms with van der Waals surface area (Å²) in [7, 11) is 0. The quantitative estimate of drug-likeness (QED) is 0.822. The largest absolute Gasteiger partial charge is 0.339 e. The minimum Gasteiger partial charge on any atom is -0.339 e. The molecule has 0 fully saturated rings. The highest BCUT2D eigenvalue weighted by Crippen LogP contribution is 2.27. The van der Waals surface area contributed by atoms with Gasteiger partial charge in [-0.2, -0.15) is 0 Å². The molecule has 0 atom stereocenters. The lowest BCUT2D eigenvalue weighted by Crippen LogP contribution is -1.97. The monoisotopic (exact) mass is 354 g/mol. The Morgan fingerprint density at radius 2 is 1.88 bits per heavy atom. The number of benzene rings is 1. The van der Waals surface area contributed by atoms with Crippen molar-refractivity contribution in [3.63, 3.8) is 0 Å². The Labute approximate surface area is 118 Å². The van der Waals surface area contributed by atoms with E-state index in [1.165, 1.54) is 5.56 Å². The van der Waals surface area contributed by atoms with Crippen molar-refractivity contribution in [1.82, 2.24) is 4.98 Å². The molecule has 0 amide bonds. The zero-order valence-corrected chi connectivity index (χ0v) is 12.8. The Morgan fingerprint density at radius 3 is 2.53 bits per heavy atom. The Bertz CT molecular complexity index is 504. The van der Waals surface area contributed by atoms with E-state index >= 15 is 0 Å².